The fraction of sp³-hybridized carbons (Fsp3) is 0.182. The highest BCUT2D eigenvalue weighted by Crippen LogP contribution is 2.27. The van der Waals surface area contributed by atoms with Crippen LogP contribution in [0.4, 0.5) is 23.5 Å². The summed E-state index contributed by atoms with van der Waals surface area (Å²) in [7, 11) is 1.18. The molecule has 0 saturated heterocycles. The lowest BCUT2D eigenvalue weighted by atomic mass is 10.2. The van der Waals surface area contributed by atoms with Gasteiger partial charge in [-0.3, -0.25) is 10.1 Å². The molecule has 1 aromatic carbocycles. The van der Waals surface area contributed by atoms with Crippen molar-refractivity contribution in [3.63, 3.8) is 0 Å². The summed E-state index contributed by atoms with van der Waals surface area (Å²) in [4.78, 5) is 14.9. The van der Waals surface area contributed by atoms with Crippen molar-refractivity contribution in [1.82, 2.24) is 14.8 Å². The number of anilines is 1. The Balaban J connectivity index is 2.25. The molecule has 0 aliphatic carbocycles. The van der Waals surface area contributed by atoms with Gasteiger partial charge in [-0.2, -0.15) is 18.2 Å². The molecule has 0 atom stereocenters. The van der Waals surface area contributed by atoms with Crippen LogP contribution in [0.5, 0.6) is 0 Å². The van der Waals surface area contributed by atoms with Gasteiger partial charge in [-0.15, -0.1) is 5.10 Å². The summed E-state index contributed by atoms with van der Waals surface area (Å²) in [5.41, 5.74) is -0.302. The Hall–Kier alpha value is -2.45. The van der Waals surface area contributed by atoms with Crippen molar-refractivity contribution in [2.75, 3.05) is 5.32 Å². The number of halogens is 4. The minimum absolute atomic E-state index is 0.302. The van der Waals surface area contributed by atoms with Crippen LogP contribution in [0.2, 0.25) is 0 Å². The minimum atomic E-state index is -4.72. The molecule has 2 aromatic rings. The molecule has 2 rings (SSSR count). The van der Waals surface area contributed by atoms with Gasteiger partial charge in [-0.05, 0) is 12.1 Å². The molecule has 106 valence electrons. The zero-order valence-electron chi connectivity index (χ0n) is 10.1. The Morgan fingerprint density at radius 3 is 2.50 bits per heavy atom. The van der Waals surface area contributed by atoms with E-state index in [9.17, 15) is 22.4 Å². The predicted octanol–water partition coefficient (Wildman–Crippen LogP) is 2.23. The highest BCUT2D eigenvalue weighted by atomic mass is 19.4. The fourth-order valence-electron chi connectivity index (χ4n) is 1.43. The largest absolute Gasteiger partial charge is 0.453 e. The lowest BCUT2D eigenvalue weighted by molar-refractivity contribution is -0.144. The zero-order chi connectivity index (χ0) is 14.9. The van der Waals surface area contributed by atoms with E-state index in [0.29, 0.717) is 0 Å². The molecule has 1 amide bonds. The topological polar surface area (TPSA) is 59.8 Å². The second-order valence-corrected chi connectivity index (χ2v) is 3.81. The second-order valence-electron chi connectivity index (χ2n) is 3.81. The first kappa shape index (κ1) is 14.0. The maximum absolute atomic E-state index is 13.4. The number of benzene rings is 1. The SMILES string of the molecule is Cn1nc(C(F)(F)F)nc1NC(=O)c1ccccc1F. The number of nitrogens with one attached hydrogen (secondary N) is 1. The summed E-state index contributed by atoms with van der Waals surface area (Å²) in [6.45, 7) is 0. The van der Waals surface area contributed by atoms with Crippen molar-refractivity contribution in [3.05, 3.63) is 41.5 Å². The van der Waals surface area contributed by atoms with Crippen molar-refractivity contribution in [3.8, 4) is 0 Å². The molecule has 0 radical (unpaired) electrons. The van der Waals surface area contributed by atoms with Crippen molar-refractivity contribution in [2.45, 2.75) is 6.18 Å². The van der Waals surface area contributed by atoms with E-state index in [-0.39, 0.29) is 5.56 Å². The first-order valence-electron chi connectivity index (χ1n) is 5.33. The molecule has 0 spiro atoms. The average molecular weight is 288 g/mol. The van der Waals surface area contributed by atoms with Gasteiger partial charge >= 0.3 is 6.18 Å². The summed E-state index contributed by atoms with van der Waals surface area (Å²) < 4.78 is 51.3. The monoisotopic (exact) mass is 288 g/mol. The number of hydrogen-bond acceptors (Lipinski definition) is 3. The summed E-state index contributed by atoms with van der Waals surface area (Å²) in [6.07, 6.45) is -4.72. The van der Waals surface area contributed by atoms with E-state index in [4.69, 9.17) is 0 Å². The van der Waals surface area contributed by atoms with Crippen molar-refractivity contribution in [2.24, 2.45) is 7.05 Å². The van der Waals surface area contributed by atoms with Crippen LogP contribution >= 0.6 is 0 Å². The first-order chi connectivity index (χ1) is 9.29. The van der Waals surface area contributed by atoms with E-state index in [1.54, 1.807) is 0 Å². The van der Waals surface area contributed by atoms with Crippen LogP contribution < -0.4 is 5.32 Å². The lowest BCUT2D eigenvalue weighted by Gasteiger charge is -2.04. The summed E-state index contributed by atoms with van der Waals surface area (Å²) in [5, 5.41) is 5.19. The molecule has 5 nitrogen and oxygen atoms in total. The zero-order valence-corrected chi connectivity index (χ0v) is 10.1. The van der Waals surface area contributed by atoms with E-state index in [1.165, 1.54) is 25.2 Å². The van der Waals surface area contributed by atoms with Crippen LogP contribution in [-0.2, 0) is 13.2 Å². The number of carbonyl (C=O) groups excluding carboxylic acids is 1. The third-order valence-corrected chi connectivity index (χ3v) is 2.36. The smallest absolute Gasteiger partial charge is 0.290 e. The van der Waals surface area contributed by atoms with Crippen LogP contribution in [0.3, 0.4) is 0 Å². The maximum Gasteiger partial charge on any atom is 0.453 e. The number of aromatic nitrogens is 3. The summed E-state index contributed by atoms with van der Waals surface area (Å²) in [5.74, 6) is -3.51. The van der Waals surface area contributed by atoms with Gasteiger partial charge in [0.2, 0.25) is 5.95 Å². The van der Waals surface area contributed by atoms with Gasteiger partial charge in [-0.1, -0.05) is 12.1 Å². The number of amides is 1. The van der Waals surface area contributed by atoms with E-state index in [1.807, 2.05) is 0 Å². The van der Waals surface area contributed by atoms with E-state index in [0.717, 1.165) is 10.7 Å². The highest BCUT2D eigenvalue weighted by Gasteiger charge is 2.37. The average Bonchev–Trinajstić information content (AvgIpc) is 2.71. The maximum atomic E-state index is 13.4. The Kier molecular flexibility index (Phi) is 3.43. The highest BCUT2D eigenvalue weighted by molar-refractivity contribution is 6.03. The lowest BCUT2D eigenvalue weighted by Crippen LogP contribution is -2.16. The Bertz CT molecular complexity index is 650. The summed E-state index contributed by atoms with van der Waals surface area (Å²) >= 11 is 0. The van der Waals surface area contributed by atoms with E-state index >= 15 is 0 Å². The third-order valence-electron chi connectivity index (χ3n) is 2.36. The number of aryl methyl sites for hydroxylation is 1. The van der Waals surface area contributed by atoms with Gasteiger partial charge in [-0.25, -0.2) is 9.07 Å². The first-order valence-corrected chi connectivity index (χ1v) is 5.33. The van der Waals surface area contributed by atoms with Crippen molar-refractivity contribution < 1.29 is 22.4 Å². The number of hydrogen-bond donors (Lipinski definition) is 1. The Morgan fingerprint density at radius 2 is 1.95 bits per heavy atom. The Morgan fingerprint density at radius 1 is 1.30 bits per heavy atom. The minimum Gasteiger partial charge on any atom is -0.290 e. The van der Waals surface area contributed by atoms with Crippen LogP contribution in [0.25, 0.3) is 0 Å². The van der Waals surface area contributed by atoms with Gasteiger partial charge in [0.15, 0.2) is 0 Å². The van der Waals surface area contributed by atoms with Gasteiger partial charge < -0.3 is 0 Å². The van der Waals surface area contributed by atoms with Crippen molar-refractivity contribution in [1.29, 1.82) is 0 Å². The molecule has 20 heavy (non-hydrogen) atoms. The molecule has 0 aliphatic rings. The van der Waals surface area contributed by atoms with Crippen LogP contribution in [0.15, 0.2) is 24.3 Å². The molecule has 1 heterocycles. The summed E-state index contributed by atoms with van der Waals surface area (Å²) in [6, 6.07) is 5.07. The molecular formula is C11H8F4N4O. The Labute approximate surface area is 110 Å². The fourth-order valence-corrected chi connectivity index (χ4v) is 1.43. The van der Waals surface area contributed by atoms with Gasteiger partial charge in [0, 0.05) is 7.05 Å². The quantitative estimate of drug-likeness (QED) is 0.862. The normalized spacial score (nSPS) is 11.4. The van der Waals surface area contributed by atoms with Gasteiger partial charge in [0.25, 0.3) is 11.7 Å². The number of rotatable bonds is 2. The van der Waals surface area contributed by atoms with Crippen LogP contribution in [0, 0.1) is 5.82 Å². The molecule has 0 aliphatic heterocycles. The van der Waals surface area contributed by atoms with Crippen LogP contribution in [0.1, 0.15) is 16.2 Å². The van der Waals surface area contributed by atoms with E-state index < -0.39 is 29.7 Å². The molecule has 1 aromatic heterocycles. The molecular weight excluding hydrogens is 280 g/mol. The number of carbonyl (C=O) groups is 1. The number of nitrogens with zero attached hydrogens (tertiary/aromatic N) is 3. The van der Waals surface area contributed by atoms with Crippen LogP contribution in [-0.4, -0.2) is 20.7 Å². The van der Waals surface area contributed by atoms with Gasteiger partial charge in [0.1, 0.15) is 5.82 Å². The molecule has 0 bridgehead atoms. The standard InChI is InChI=1S/C11H8F4N4O/c1-19-10(17-9(18-19)11(13,14)15)16-8(20)6-4-2-3-5-7(6)12/h2-5H,1H3,(H,16,17,18,20). The van der Waals surface area contributed by atoms with Gasteiger partial charge in [0.05, 0.1) is 5.56 Å². The molecule has 1 N–H and O–H groups in total. The number of alkyl halides is 3. The van der Waals surface area contributed by atoms with Crippen molar-refractivity contribution >= 4 is 11.9 Å². The predicted molar refractivity (Wildman–Crippen MR) is 60.4 cm³/mol. The molecule has 9 heteroatoms. The third kappa shape index (κ3) is 2.76. The second kappa shape index (κ2) is 4.91. The molecule has 0 saturated carbocycles. The molecule has 0 fully saturated rings. The van der Waals surface area contributed by atoms with E-state index in [2.05, 4.69) is 15.4 Å². The molecule has 0 unspecified atom stereocenters.